The largest absolute Gasteiger partial charge is 0.316 e. The first-order valence-electron chi connectivity index (χ1n) is 7.03. The van der Waals surface area contributed by atoms with Crippen LogP contribution < -0.4 is 5.32 Å². The molecule has 2 rings (SSSR count). The van der Waals surface area contributed by atoms with Gasteiger partial charge in [-0.1, -0.05) is 6.92 Å². The number of hydrogen-bond donors (Lipinski definition) is 1. The van der Waals surface area contributed by atoms with E-state index in [0.29, 0.717) is 11.0 Å². The van der Waals surface area contributed by atoms with Gasteiger partial charge in [0.05, 0.1) is 0 Å². The maximum Gasteiger partial charge on any atom is 0.0330 e. The predicted octanol–water partition coefficient (Wildman–Crippen LogP) is 1.40. The fourth-order valence-electron chi connectivity index (χ4n) is 3.55. The third-order valence-electron chi connectivity index (χ3n) is 4.91. The number of rotatable bonds is 5. The quantitative estimate of drug-likeness (QED) is 0.782. The summed E-state index contributed by atoms with van der Waals surface area (Å²) in [5, 5.41) is 3.49. The van der Waals surface area contributed by atoms with Gasteiger partial charge in [-0.05, 0) is 58.8 Å². The van der Waals surface area contributed by atoms with Gasteiger partial charge in [-0.15, -0.1) is 0 Å². The molecule has 1 saturated heterocycles. The highest BCUT2D eigenvalue weighted by molar-refractivity contribution is 4.98. The van der Waals surface area contributed by atoms with Gasteiger partial charge in [0.15, 0.2) is 0 Å². The van der Waals surface area contributed by atoms with Crippen LogP contribution in [0.2, 0.25) is 0 Å². The molecule has 3 heteroatoms. The van der Waals surface area contributed by atoms with E-state index in [0.717, 1.165) is 0 Å². The van der Waals surface area contributed by atoms with Crippen molar-refractivity contribution in [2.45, 2.75) is 38.1 Å². The van der Waals surface area contributed by atoms with Crippen molar-refractivity contribution < 1.29 is 0 Å². The topological polar surface area (TPSA) is 18.5 Å². The van der Waals surface area contributed by atoms with E-state index >= 15 is 0 Å². The fraction of sp³-hybridized carbons (Fsp3) is 1.00. The molecule has 1 aliphatic carbocycles. The SMILES string of the molecule is CN(CC1(C)CCNC1)CC1(N(C)C)CCC1. The molecule has 0 radical (unpaired) electrons. The summed E-state index contributed by atoms with van der Waals surface area (Å²) in [6.07, 6.45) is 5.48. The Morgan fingerprint density at radius 3 is 2.18 bits per heavy atom. The summed E-state index contributed by atoms with van der Waals surface area (Å²) in [5.74, 6) is 0. The first kappa shape index (κ1) is 13.3. The van der Waals surface area contributed by atoms with Crippen LogP contribution in [0.3, 0.4) is 0 Å². The molecular weight excluding hydrogens is 210 g/mol. The summed E-state index contributed by atoms with van der Waals surface area (Å²) in [7, 11) is 6.78. The maximum atomic E-state index is 3.49. The highest BCUT2D eigenvalue weighted by atomic mass is 15.2. The molecule has 1 aliphatic heterocycles. The van der Waals surface area contributed by atoms with Gasteiger partial charge >= 0.3 is 0 Å². The van der Waals surface area contributed by atoms with Crippen molar-refractivity contribution in [3.05, 3.63) is 0 Å². The highest BCUT2D eigenvalue weighted by Crippen LogP contribution is 2.37. The van der Waals surface area contributed by atoms with Crippen LogP contribution in [0.25, 0.3) is 0 Å². The van der Waals surface area contributed by atoms with Crippen LogP contribution in [0.15, 0.2) is 0 Å². The van der Waals surface area contributed by atoms with E-state index in [-0.39, 0.29) is 0 Å². The number of hydrogen-bond acceptors (Lipinski definition) is 3. The summed E-state index contributed by atoms with van der Waals surface area (Å²) in [6, 6.07) is 0. The van der Waals surface area contributed by atoms with Crippen molar-refractivity contribution in [2.75, 3.05) is 47.3 Å². The van der Waals surface area contributed by atoms with E-state index in [1.807, 2.05) is 0 Å². The molecule has 0 bridgehead atoms. The Bertz CT molecular complexity index is 252. The molecule has 0 amide bonds. The third-order valence-corrected chi connectivity index (χ3v) is 4.91. The maximum absolute atomic E-state index is 3.49. The molecule has 17 heavy (non-hydrogen) atoms. The van der Waals surface area contributed by atoms with Crippen molar-refractivity contribution in [2.24, 2.45) is 5.41 Å². The molecular formula is C14H29N3. The molecule has 1 atom stereocenters. The summed E-state index contributed by atoms with van der Waals surface area (Å²) in [5.41, 5.74) is 0.961. The minimum absolute atomic E-state index is 0.469. The number of nitrogens with one attached hydrogen (secondary N) is 1. The Labute approximate surface area is 107 Å². The molecule has 0 aromatic rings. The average molecular weight is 239 g/mol. The van der Waals surface area contributed by atoms with Crippen molar-refractivity contribution in [1.29, 1.82) is 0 Å². The van der Waals surface area contributed by atoms with Crippen LogP contribution in [0.5, 0.6) is 0 Å². The summed E-state index contributed by atoms with van der Waals surface area (Å²) >= 11 is 0. The van der Waals surface area contributed by atoms with Gasteiger partial charge in [-0.2, -0.15) is 0 Å². The van der Waals surface area contributed by atoms with Crippen molar-refractivity contribution in [3.63, 3.8) is 0 Å². The van der Waals surface area contributed by atoms with Crippen LogP contribution >= 0.6 is 0 Å². The summed E-state index contributed by atoms with van der Waals surface area (Å²) in [4.78, 5) is 5.01. The lowest BCUT2D eigenvalue weighted by Gasteiger charge is -2.50. The molecule has 1 N–H and O–H groups in total. The zero-order valence-electron chi connectivity index (χ0n) is 12.1. The van der Waals surface area contributed by atoms with Crippen LogP contribution in [0, 0.1) is 5.41 Å². The highest BCUT2D eigenvalue weighted by Gasteiger charge is 2.41. The molecule has 1 saturated carbocycles. The molecule has 1 heterocycles. The Morgan fingerprint density at radius 2 is 1.76 bits per heavy atom. The van der Waals surface area contributed by atoms with Crippen LogP contribution in [-0.2, 0) is 0 Å². The minimum Gasteiger partial charge on any atom is -0.316 e. The minimum atomic E-state index is 0.469. The van der Waals surface area contributed by atoms with Gasteiger partial charge in [0.25, 0.3) is 0 Å². The zero-order chi connectivity index (χ0) is 12.5. The Balaban J connectivity index is 1.86. The zero-order valence-corrected chi connectivity index (χ0v) is 12.1. The lowest BCUT2D eigenvalue weighted by atomic mass is 9.75. The predicted molar refractivity (Wildman–Crippen MR) is 73.4 cm³/mol. The Morgan fingerprint density at radius 1 is 1.06 bits per heavy atom. The molecule has 1 unspecified atom stereocenters. The fourth-order valence-corrected chi connectivity index (χ4v) is 3.55. The summed E-state index contributed by atoms with van der Waals surface area (Å²) in [6.45, 7) is 7.27. The second kappa shape index (κ2) is 4.87. The van der Waals surface area contributed by atoms with Crippen LogP contribution in [0.1, 0.15) is 32.6 Å². The standard InChI is InChI=1S/C14H29N3/c1-13(8-9-15-10-13)11-17(4)12-14(16(2)3)6-5-7-14/h15H,5-12H2,1-4H3. The van der Waals surface area contributed by atoms with Gasteiger partial charge in [-0.25, -0.2) is 0 Å². The number of nitrogens with zero attached hydrogens (tertiary/aromatic N) is 2. The van der Waals surface area contributed by atoms with Gasteiger partial charge in [0, 0.05) is 25.2 Å². The van der Waals surface area contributed by atoms with Gasteiger partial charge < -0.3 is 15.1 Å². The van der Waals surface area contributed by atoms with Crippen molar-refractivity contribution in [1.82, 2.24) is 15.1 Å². The van der Waals surface area contributed by atoms with E-state index < -0.39 is 0 Å². The molecule has 0 aromatic heterocycles. The molecule has 0 aromatic carbocycles. The monoisotopic (exact) mass is 239 g/mol. The van der Waals surface area contributed by atoms with Crippen LogP contribution in [0.4, 0.5) is 0 Å². The van der Waals surface area contributed by atoms with Crippen molar-refractivity contribution in [3.8, 4) is 0 Å². The van der Waals surface area contributed by atoms with E-state index in [9.17, 15) is 0 Å². The Kier molecular flexibility index (Phi) is 3.81. The smallest absolute Gasteiger partial charge is 0.0330 e. The molecule has 0 spiro atoms. The lowest BCUT2D eigenvalue weighted by molar-refractivity contribution is 0.0189. The first-order valence-corrected chi connectivity index (χ1v) is 7.03. The summed E-state index contributed by atoms with van der Waals surface area (Å²) < 4.78 is 0. The van der Waals surface area contributed by atoms with Crippen LogP contribution in [-0.4, -0.2) is 62.7 Å². The number of likely N-dealkylation sites (N-methyl/N-ethyl adjacent to an activating group) is 2. The third kappa shape index (κ3) is 2.83. The molecule has 2 aliphatic rings. The van der Waals surface area contributed by atoms with E-state index in [1.165, 1.54) is 51.9 Å². The molecule has 100 valence electrons. The van der Waals surface area contributed by atoms with E-state index in [1.54, 1.807) is 0 Å². The molecule has 2 fully saturated rings. The van der Waals surface area contributed by atoms with Gasteiger partial charge in [-0.3, -0.25) is 0 Å². The molecule has 3 nitrogen and oxygen atoms in total. The second-order valence-corrected chi connectivity index (χ2v) is 6.88. The van der Waals surface area contributed by atoms with E-state index in [4.69, 9.17) is 0 Å². The first-order chi connectivity index (χ1) is 7.96. The van der Waals surface area contributed by atoms with Gasteiger partial charge in [0.2, 0.25) is 0 Å². The Hall–Kier alpha value is -0.120. The van der Waals surface area contributed by atoms with Crippen molar-refractivity contribution >= 4 is 0 Å². The van der Waals surface area contributed by atoms with E-state index in [2.05, 4.69) is 43.2 Å². The normalized spacial score (nSPS) is 32.1. The average Bonchev–Trinajstić information content (AvgIpc) is 2.57. The van der Waals surface area contributed by atoms with Gasteiger partial charge in [0.1, 0.15) is 0 Å². The lowest BCUT2D eigenvalue weighted by Crippen LogP contribution is -2.57. The second-order valence-electron chi connectivity index (χ2n) is 6.88.